The van der Waals surface area contributed by atoms with Crippen molar-refractivity contribution in [1.29, 1.82) is 0 Å². The van der Waals surface area contributed by atoms with Gasteiger partial charge >= 0.3 is 0 Å². The number of hydrogen-bond donors (Lipinski definition) is 1. The first kappa shape index (κ1) is 14.7. The highest BCUT2D eigenvalue weighted by Gasteiger charge is 2.09. The minimum absolute atomic E-state index is 0.508. The third-order valence-corrected chi connectivity index (χ3v) is 4.44. The number of nitrogens with zero attached hydrogens (tertiary/aromatic N) is 2. The SMILES string of the molecule is Nc1nc2ccc(Br)cc2n1CCc1ccc(Cl)cc1Cl. The zero-order valence-corrected chi connectivity index (χ0v) is 14.1. The fourth-order valence-electron chi connectivity index (χ4n) is 2.31. The molecule has 0 unspecified atom stereocenters. The monoisotopic (exact) mass is 383 g/mol. The summed E-state index contributed by atoms with van der Waals surface area (Å²) in [4.78, 5) is 4.37. The standard InChI is InChI=1S/C15H12BrCl2N3/c16-10-2-4-13-14(7-10)21(15(19)20-13)6-5-9-1-3-11(17)8-12(9)18/h1-4,7-8H,5-6H2,(H2,19,20). The highest BCUT2D eigenvalue weighted by molar-refractivity contribution is 9.10. The average molecular weight is 385 g/mol. The molecule has 108 valence electrons. The highest BCUT2D eigenvalue weighted by Crippen LogP contribution is 2.25. The summed E-state index contributed by atoms with van der Waals surface area (Å²) in [6, 6.07) is 11.5. The van der Waals surface area contributed by atoms with Gasteiger partial charge in [0.05, 0.1) is 11.0 Å². The Morgan fingerprint density at radius 1 is 1.14 bits per heavy atom. The Morgan fingerprint density at radius 2 is 1.95 bits per heavy atom. The van der Waals surface area contributed by atoms with Crippen molar-refractivity contribution < 1.29 is 0 Å². The van der Waals surface area contributed by atoms with Crippen molar-refractivity contribution in [3.8, 4) is 0 Å². The van der Waals surface area contributed by atoms with Crippen LogP contribution in [0.3, 0.4) is 0 Å². The third kappa shape index (κ3) is 3.03. The van der Waals surface area contributed by atoms with Crippen molar-refractivity contribution in [2.45, 2.75) is 13.0 Å². The van der Waals surface area contributed by atoms with Crippen LogP contribution in [0.2, 0.25) is 10.0 Å². The van der Waals surface area contributed by atoms with Gasteiger partial charge in [0, 0.05) is 21.1 Å². The molecule has 3 rings (SSSR count). The lowest BCUT2D eigenvalue weighted by atomic mass is 10.1. The average Bonchev–Trinajstić information content (AvgIpc) is 2.73. The molecule has 0 radical (unpaired) electrons. The normalized spacial score (nSPS) is 11.2. The van der Waals surface area contributed by atoms with Crippen molar-refractivity contribution in [2.24, 2.45) is 0 Å². The summed E-state index contributed by atoms with van der Waals surface area (Å²) in [6.45, 7) is 0.708. The Balaban J connectivity index is 1.91. The number of anilines is 1. The summed E-state index contributed by atoms with van der Waals surface area (Å²) in [5.41, 5.74) is 8.94. The lowest BCUT2D eigenvalue weighted by Gasteiger charge is -2.08. The van der Waals surface area contributed by atoms with Crippen LogP contribution in [0.1, 0.15) is 5.56 Å². The van der Waals surface area contributed by atoms with Gasteiger partial charge in [0.2, 0.25) is 5.95 Å². The smallest absolute Gasteiger partial charge is 0.201 e. The zero-order chi connectivity index (χ0) is 15.0. The molecule has 0 bridgehead atoms. The van der Waals surface area contributed by atoms with Crippen LogP contribution in [-0.2, 0) is 13.0 Å². The second-order valence-corrected chi connectivity index (χ2v) is 6.50. The van der Waals surface area contributed by atoms with E-state index in [1.807, 2.05) is 34.9 Å². The van der Waals surface area contributed by atoms with Crippen LogP contribution in [0.5, 0.6) is 0 Å². The quantitative estimate of drug-likeness (QED) is 0.695. The van der Waals surface area contributed by atoms with Gasteiger partial charge in [0.15, 0.2) is 0 Å². The number of aromatic nitrogens is 2. The van der Waals surface area contributed by atoms with Crippen molar-refractivity contribution in [3.05, 3.63) is 56.5 Å². The second kappa shape index (κ2) is 5.87. The molecule has 2 N–H and O–H groups in total. The maximum atomic E-state index is 6.20. The number of nitrogen functional groups attached to an aromatic ring is 1. The molecule has 0 amide bonds. The van der Waals surface area contributed by atoms with Crippen LogP contribution < -0.4 is 5.73 Å². The summed E-state index contributed by atoms with van der Waals surface area (Å²) < 4.78 is 2.99. The molecule has 2 aromatic carbocycles. The summed E-state index contributed by atoms with van der Waals surface area (Å²) in [5, 5.41) is 1.31. The number of nitrogens with two attached hydrogens (primary N) is 1. The van der Waals surface area contributed by atoms with E-state index in [2.05, 4.69) is 20.9 Å². The van der Waals surface area contributed by atoms with Crippen LogP contribution in [0.15, 0.2) is 40.9 Å². The van der Waals surface area contributed by atoms with E-state index in [9.17, 15) is 0 Å². The second-order valence-electron chi connectivity index (χ2n) is 4.74. The van der Waals surface area contributed by atoms with Crippen LogP contribution in [-0.4, -0.2) is 9.55 Å². The van der Waals surface area contributed by atoms with E-state index in [1.54, 1.807) is 6.07 Å². The molecule has 6 heteroatoms. The third-order valence-electron chi connectivity index (χ3n) is 3.36. The van der Waals surface area contributed by atoms with Gasteiger partial charge in [-0.05, 0) is 42.3 Å². The predicted molar refractivity (Wildman–Crippen MR) is 92.0 cm³/mol. The first-order chi connectivity index (χ1) is 10.0. The number of aryl methyl sites for hydroxylation is 2. The van der Waals surface area contributed by atoms with Crippen molar-refractivity contribution in [2.75, 3.05) is 5.73 Å². The minimum atomic E-state index is 0.508. The van der Waals surface area contributed by atoms with Crippen LogP contribution in [0, 0.1) is 0 Å². The van der Waals surface area contributed by atoms with Gasteiger partial charge in [0.25, 0.3) is 0 Å². The van der Waals surface area contributed by atoms with E-state index in [-0.39, 0.29) is 0 Å². The van der Waals surface area contributed by atoms with E-state index in [1.165, 1.54) is 0 Å². The summed E-state index contributed by atoms with van der Waals surface area (Å²) in [6.07, 6.45) is 0.762. The molecule has 0 fully saturated rings. The van der Waals surface area contributed by atoms with Gasteiger partial charge in [-0.15, -0.1) is 0 Å². The topological polar surface area (TPSA) is 43.8 Å². The fraction of sp³-hybridized carbons (Fsp3) is 0.133. The molecular weight excluding hydrogens is 373 g/mol. The molecule has 0 saturated heterocycles. The molecular formula is C15H12BrCl2N3. The minimum Gasteiger partial charge on any atom is -0.369 e. The summed E-state index contributed by atoms with van der Waals surface area (Å²) >= 11 is 15.6. The number of halogens is 3. The Morgan fingerprint density at radius 3 is 2.71 bits per heavy atom. The Labute approximate surface area is 140 Å². The first-order valence-corrected chi connectivity index (χ1v) is 7.94. The summed E-state index contributed by atoms with van der Waals surface area (Å²) in [7, 11) is 0. The van der Waals surface area contributed by atoms with E-state index < -0.39 is 0 Å². The Kier molecular flexibility index (Phi) is 4.11. The first-order valence-electron chi connectivity index (χ1n) is 6.40. The number of fused-ring (bicyclic) bond motifs is 1. The number of rotatable bonds is 3. The largest absolute Gasteiger partial charge is 0.369 e. The van der Waals surface area contributed by atoms with Crippen molar-refractivity contribution in [3.63, 3.8) is 0 Å². The molecule has 0 spiro atoms. The summed E-state index contributed by atoms with van der Waals surface area (Å²) in [5.74, 6) is 0.508. The van der Waals surface area contributed by atoms with Crippen molar-refractivity contribution in [1.82, 2.24) is 9.55 Å². The Hall–Kier alpha value is -1.23. The highest BCUT2D eigenvalue weighted by atomic mass is 79.9. The molecule has 0 aliphatic carbocycles. The maximum absolute atomic E-state index is 6.20. The predicted octanol–water partition coefficient (Wildman–Crippen LogP) is 4.93. The number of hydrogen-bond acceptors (Lipinski definition) is 2. The van der Waals surface area contributed by atoms with Gasteiger partial charge in [-0.2, -0.15) is 0 Å². The van der Waals surface area contributed by atoms with E-state index in [0.717, 1.165) is 27.5 Å². The molecule has 0 aliphatic rings. The van der Waals surface area contributed by atoms with E-state index in [4.69, 9.17) is 28.9 Å². The fourth-order valence-corrected chi connectivity index (χ4v) is 3.16. The van der Waals surface area contributed by atoms with Crippen LogP contribution in [0.25, 0.3) is 11.0 Å². The van der Waals surface area contributed by atoms with E-state index >= 15 is 0 Å². The van der Waals surface area contributed by atoms with Gasteiger partial charge in [-0.25, -0.2) is 4.98 Å². The molecule has 0 saturated carbocycles. The molecule has 0 atom stereocenters. The lowest BCUT2D eigenvalue weighted by Crippen LogP contribution is -2.06. The number of benzene rings is 2. The van der Waals surface area contributed by atoms with Crippen LogP contribution in [0.4, 0.5) is 5.95 Å². The molecule has 1 heterocycles. The molecule has 3 nitrogen and oxygen atoms in total. The van der Waals surface area contributed by atoms with Gasteiger partial charge < -0.3 is 10.3 Å². The maximum Gasteiger partial charge on any atom is 0.201 e. The molecule has 0 aliphatic heterocycles. The lowest BCUT2D eigenvalue weighted by molar-refractivity contribution is 0.726. The Bertz CT molecular complexity index is 814. The van der Waals surface area contributed by atoms with Gasteiger partial charge in [0.1, 0.15) is 0 Å². The van der Waals surface area contributed by atoms with Crippen molar-refractivity contribution >= 4 is 56.1 Å². The molecule has 1 aromatic heterocycles. The molecule has 21 heavy (non-hydrogen) atoms. The zero-order valence-electron chi connectivity index (χ0n) is 11.0. The number of imidazole rings is 1. The molecule has 3 aromatic rings. The van der Waals surface area contributed by atoms with E-state index in [0.29, 0.717) is 22.5 Å². The van der Waals surface area contributed by atoms with Gasteiger partial charge in [-0.3, -0.25) is 0 Å². The van der Waals surface area contributed by atoms with Crippen LogP contribution >= 0.6 is 39.1 Å². The van der Waals surface area contributed by atoms with Gasteiger partial charge in [-0.1, -0.05) is 45.2 Å².